The Hall–Kier alpha value is -3.35. The monoisotopic (exact) mass is 364 g/mol. The van der Waals surface area contributed by atoms with Gasteiger partial charge in [0.05, 0.1) is 6.54 Å². The number of nitrogens with zero attached hydrogens (tertiary/aromatic N) is 2. The quantitative estimate of drug-likeness (QED) is 0.742. The van der Waals surface area contributed by atoms with Gasteiger partial charge in [-0.1, -0.05) is 6.07 Å². The first kappa shape index (κ1) is 17.1. The van der Waals surface area contributed by atoms with E-state index in [0.29, 0.717) is 24.4 Å². The van der Waals surface area contributed by atoms with Crippen molar-refractivity contribution in [2.75, 3.05) is 13.1 Å². The number of carbonyl (C=O) groups excluding carboxylic acids is 2. The predicted molar refractivity (Wildman–Crippen MR) is 101 cm³/mol. The molecule has 3 aromatic rings. The third kappa shape index (κ3) is 3.62. The molecule has 1 atom stereocenters. The molecule has 3 N–H and O–H groups in total. The van der Waals surface area contributed by atoms with E-state index in [9.17, 15) is 9.59 Å². The summed E-state index contributed by atoms with van der Waals surface area (Å²) < 4.78 is 5.97. The molecule has 1 aliphatic heterocycles. The number of nitrogens with one attached hydrogen (secondary N) is 1. The van der Waals surface area contributed by atoms with E-state index in [4.69, 9.17) is 10.5 Å². The third-order valence-corrected chi connectivity index (χ3v) is 4.75. The molecule has 4 rings (SSSR count). The molecular formula is C20H20N4O3. The molecule has 2 aromatic heterocycles. The van der Waals surface area contributed by atoms with Crippen molar-refractivity contribution in [1.82, 2.24) is 14.9 Å². The fourth-order valence-corrected chi connectivity index (χ4v) is 3.39. The highest BCUT2D eigenvalue weighted by Gasteiger charge is 2.26. The molecule has 0 saturated carbocycles. The van der Waals surface area contributed by atoms with Crippen LogP contribution in [0.1, 0.15) is 33.7 Å². The van der Waals surface area contributed by atoms with Crippen LogP contribution in [0.5, 0.6) is 5.75 Å². The lowest BCUT2D eigenvalue weighted by atomic mass is 10.1. The molecule has 2 amide bonds. The Balaban J connectivity index is 1.46. The van der Waals surface area contributed by atoms with Crippen LogP contribution in [0.2, 0.25) is 0 Å². The van der Waals surface area contributed by atoms with Crippen LogP contribution in [-0.4, -0.2) is 45.9 Å². The number of benzene rings is 1. The number of fused-ring (bicyclic) bond motifs is 1. The summed E-state index contributed by atoms with van der Waals surface area (Å²) >= 11 is 0. The largest absolute Gasteiger partial charge is 0.488 e. The Morgan fingerprint density at radius 1 is 1.22 bits per heavy atom. The average Bonchev–Trinajstić information content (AvgIpc) is 3.15. The summed E-state index contributed by atoms with van der Waals surface area (Å²) in [5.74, 6) is -0.0705. The van der Waals surface area contributed by atoms with Crippen molar-refractivity contribution >= 4 is 22.7 Å². The number of nitrogens with two attached hydrogens (primary N) is 1. The maximum Gasteiger partial charge on any atom is 0.267 e. The number of likely N-dealkylation sites (tertiary alicyclic amines) is 1. The van der Waals surface area contributed by atoms with Crippen molar-refractivity contribution in [3.05, 3.63) is 60.0 Å². The number of amides is 2. The van der Waals surface area contributed by atoms with Crippen molar-refractivity contribution < 1.29 is 14.3 Å². The fourth-order valence-electron chi connectivity index (χ4n) is 3.39. The maximum atomic E-state index is 12.9. The van der Waals surface area contributed by atoms with Crippen LogP contribution < -0.4 is 10.5 Å². The van der Waals surface area contributed by atoms with Crippen LogP contribution >= 0.6 is 0 Å². The zero-order chi connectivity index (χ0) is 18.8. The Labute approximate surface area is 156 Å². The first-order chi connectivity index (χ1) is 13.1. The number of H-pyrrole nitrogens is 1. The van der Waals surface area contributed by atoms with E-state index in [1.165, 1.54) is 12.3 Å². The number of piperidine rings is 1. The van der Waals surface area contributed by atoms with Crippen LogP contribution in [0.4, 0.5) is 0 Å². The Morgan fingerprint density at radius 3 is 2.96 bits per heavy atom. The van der Waals surface area contributed by atoms with Crippen molar-refractivity contribution in [3.63, 3.8) is 0 Å². The van der Waals surface area contributed by atoms with Gasteiger partial charge in [0.25, 0.3) is 11.8 Å². The topological polar surface area (TPSA) is 101 Å². The number of primary amides is 1. The lowest BCUT2D eigenvalue weighted by Gasteiger charge is -2.33. The van der Waals surface area contributed by atoms with Crippen LogP contribution in [0.3, 0.4) is 0 Å². The summed E-state index contributed by atoms with van der Waals surface area (Å²) in [4.78, 5) is 33.0. The number of hydrogen-bond donors (Lipinski definition) is 2. The normalized spacial score (nSPS) is 17.0. The lowest BCUT2D eigenvalue weighted by Crippen LogP contribution is -2.44. The Bertz CT molecular complexity index is 998. The van der Waals surface area contributed by atoms with Gasteiger partial charge in [0.15, 0.2) is 0 Å². The van der Waals surface area contributed by atoms with Gasteiger partial charge in [-0.25, -0.2) is 0 Å². The molecule has 7 nitrogen and oxygen atoms in total. The smallest absolute Gasteiger partial charge is 0.267 e. The summed E-state index contributed by atoms with van der Waals surface area (Å²) in [6.45, 7) is 1.19. The van der Waals surface area contributed by atoms with Gasteiger partial charge in [0.1, 0.15) is 17.5 Å². The molecule has 0 spiro atoms. The van der Waals surface area contributed by atoms with Gasteiger partial charge in [-0.2, -0.15) is 0 Å². The molecule has 0 radical (unpaired) electrons. The second kappa shape index (κ2) is 7.11. The fraction of sp³-hybridized carbons (Fsp3) is 0.250. The van der Waals surface area contributed by atoms with Crippen molar-refractivity contribution in [2.45, 2.75) is 18.9 Å². The third-order valence-electron chi connectivity index (χ3n) is 4.75. The number of hydrogen-bond acceptors (Lipinski definition) is 4. The van der Waals surface area contributed by atoms with Gasteiger partial charge in [-0.15, -0.1) is 0 Å². The van der Waals surface area contributed by atoms with Gasteiger partial charge in [0.2, 0.25) is 0 Å². The minimum absolute atomic E-state index is 0.00708. The number of pyridine rings is 1. The predicted octanol–water partition coefficient (Wildman–Crippen LogP) is 2.35. The summed E-state index contributed by atoms with van der Waals surface area (Å²) in [7, 11) is 0. The molecule has 138 valence electrons. The second-order valence-corrected chi connectivity index (χ2v) is 6.65. The number of ether oxygens (including phenoxy) is 1. The van der Waals surface area contributed by atoms with Gasteiger partial charge in [-0.05, 0) is 42.5 Å². The van der Waals surface area contributed by atoms with E-state index >= 15 is 0 Å². The molecule has 1 unspecified atom stereocenters. The number of rotatable bonds is 4. The molecule has 7 heteroatoms. The molecule has 1 aliphatic rings. The van der Waals surface area contributed by atoms with Crippen LogP contribution in [0.25, 0.3) is 10.9 Å². The summed E-state index contributed by atoms with van der Waals surface area (Å²) in [5, 5.41) is 1.08. The molecule has 1 saturated heterocycles. The zero-order valence-electron chi connectivity index (χ0n) is 14.7. The van der Waals surface area contributed by atoms with Crippen LogP contribution in [0, 0.1) is 0 Å². The van der Waals surface area contributed by atoms with Gasteiger partial charge >= 0.3 is 0 Å². The van der Waals surface area contributed by atoms with E-state index in [1.807, 2.05) is 35.4 Å². The molecule has 0 aliphatic carbocycles. The highest BCUT2D eigenvalue weighted by atomic mass is 16.5. The highest BCUT2D eigenvalue weighted by molar-refractivity contribution is 5.98. The first-order valence-corrected chi connectivity index (χ1v) is 8.89. The number of aromatic amines is 1. The van der Waals surface area contributed by atoms with Gasteiger partial charge in [-0.3, -0.25) is 14.6 Å². The van der Waals surface area contributed by atoms with E-state index in [-0.39, 0.29) is 17.7 Å². The van der Waals surface area contributed by atoms with Crippen molar-refractivity contribution in [3.8, 4) is 5.75 Å². The minimum atomic E-state index is -0.597. The zero-order valence-corrected chi connectivity index (χ0v) is 14.7. The van der Waals surface area contributed by atoms with E-state index in [2.05, 4.69) is 9.97 Å². The van der Waals surface area contributed by atoms with E-state index in [0.717, 1.165) is 23.7 Å². The lowest BCUT2D eigenvalue weighted by molar-refractivity contribution is 0.0538. The molecule has 27 heavy (non-hydrogen) atoms. The maximum absolute atomic E-state index is 12.9. The minimum Gasteiger partial charge on any atom is -0.488 e. The Kier molecular flexibility index (Phi) is 4.50. The highest BCUT2D eigenvalue weighted by Crippen LogP contribution is 2.21. The van der Waals surface area contributed by atoms with E-state index < -0.39 is 5.91 Å². The molecule has 1 aromatic carbocycles. The molecule has 0 bridgehead atoms. The van der Waals surface area contributed by atoms with Crippen LogP contribution in [0.15, 0.2) is 48.8 Å². The Morgan fingerprint density at radius 2 is 2.11 bits per heavy atom. The average molecular weight is 364 g/mol. The standard InChI is InChI=1S/C20H20N4O3/c21-19(25)18-11-15(6-8-23-18)27-16-2-1-9-24(12-16)20(26)14-4-3-13-5-7-22-17(13)10-14/h3-8,10-11,16,22H,1-2,9,12H2,(H2,21,25). The number of aromatic nitrogens is 2. The van der Waals surface area contributed by atoms with E-state index in [1.54, 1.807) is 6.07 Å². The van der Waals surface area contributed by atoms with Gasteiger partial charge in [0, 0.05) is 36.1 Å². The summed E-state index contributed by atoms with van der Waals surface area (Å²) in [5.41, 5.74) is 7.03. The van der Waals surface area contributed by atoms with Crippen LogP contribution in [-0.2, 0) is 0 Å². The molecular weight excluding hydrogens is 344 g/mol. The number of carbonyl (C=O) groups is 2. The first-order valence-electron chi connectivity index (χ1n) is 8.89. The summed E-state index contributed by atoms with van der Waals surface area (Å²) in [6.07, 6.45) is 4.91. The van der Waals surface area contributed by atoms with Gasteiger partial charge < -0.3 is 20.4 Å². The molecule has 1 fully saturated rings. The second-order valence-electron chi connectivity index (χ2n) is 6.65. The SMILES string of the molecule is NC(=O)c1cc(OC2CCCN(C(=O)c3ccc4cc[nH]c4c3)C2)ccn1. The molecule has 3 heterocycles. The van der Waals surface area contributed by atoms with Crippen molar-refractivity contribution in [1.29, 1.82) is 0 Å². The van der Waals surface area contributed by atoms with Crippen molar-refractivity contribution in [2.24, 2.45) is 5.73 Å². The summed E-state index contributed by atoms with van der Waals surface area (Å²) in [6, 6.07) is 10.9.